The number of rotatable bonds is 6. The van der Waals surface area contributed by atoms with Crippen LogP contribution in [0, 0.1) is 0 Å². The van der Waals surface area contributed by atoms with Gasteiger partial charge in [0.25, 0.3) is 0 Å². The summed E-state index contributed by atoms with van der Waals surface area (Å²) in [4.78, 5) is 13.4. The summed E-state index contributed by atoms with van der Waals surface area (Å²) in [7, 11) is -3.73. The smallest absolute Gasteiger partial charge is 0.244 e. The molecule has 1 aliphatic rings. The van der Waals surface area contributed by atoms with Gasteiger partial charge in [0.05, 0.1) is 23.6 Å². The number of hydrogen-bond donors (Lipinski definition) is 1. The summed E-state index contributed by atoms with van der Waals surface area (Å²) in [5.41, 5.74) is 3.68. The van der Waals surface area contributed by atoms with Crippen molar-refractivity contribution in [1.29, 1.82) is 0 Å². The zero-order chi connectivity index (χ0) is 25.2. The van der Waals surface area contributed by atoms with E-state index in [9.17, 15) is 8.42 Å². The van der Waals surface area contributed by atoms with Gasteiger partial charge in [-0.3, -0.25) is 4.98 Å². The van der Waals surface area contributed by atoms with Crippen LogP contribution in [0.15, 0.2) is 102 Å². The molecule has 3 aromatic heterocycles. The molecule has 0 radical (unpaired) electrons. The lowest BCUT2D eigenvalue weighted by molar-refractivity contribution is 0.391. The van der Waals surface area contributed by atoms with Crippen LogP contribution in [0.2, 0.25) is 0 Å². The predicted molar refractivity (Wildman–Crippen MR) is 141 cm³/mol. The maximum Gasteiger partial charge on any atom is 0.244 e. The Balaban J connectivity index is 1.20. The molecule has 0 unspecified atom stereocenters. The van der Waals surface area contributed by atoms with Gasteiger partial charge in [-0.2, -0.15) is 4.31 Å². The SMILES string of the molecule is O=S(=O)(c1ccc(Oc2ccccc2)nc1)N1CCc2c(ccnc2Nc2cnc3ccccc3c2)C1. The number of para-hydroxylation sites is 2. The second-order valence-corrected chi connectivity index (χ2v) is 10.6. The number of sulfonamides is 1. The van der Waals surface area contributed by atoms with E-state index < -0.39 is 10.0 Å². The first-order chi connectivity index (χ1) is 18.1. The van der Waals surface area contributed by atoms with Gasteiger partial charge >= 0.3 is 0 Å². The molecule has 6 rings (SSSR count). The van der Waals surface area contributed by atoms with Crippen LogP contribution in [0.5, 0.6) is 11.6 Å². The Morgan fingerprint density at radius 1 is 0.865 bits per heavy atom. The summed E-state index contributed by atoms with van der Waals surface area (Å²) >= 11 is 0. The number of anilines is 2. The Kier molecular flexibility index (Phi) is 5.99. The molecule has 0 saturated heterocycles. The maximum atomic E-state index is 13.4. The zero-order valence-corrected chi connectivity index (χ0v) is 20.6. The number of nitrogens with one attached hydrogen (secondary N) is 1. The molecule has 0 amide bonds. The fourth-order valence-corrected chi connectivity index (χ4v) is 5.76. The van der Waals surface area contributed by atoms with Gasteiger partial charge in [0.1, 0.15) is 16.5 Å². The van der Waals surface area contributed by atoms with Crippen LogP contribution in [0.25, 0.3) is 10.9 Å². The molecule has 0 atom stereocenters. The quantitative estimate of drug-likeness (QED) is 0.331. The molecule has 5 aromatic rings. The molecule has 2 aromatic carbocycles. The predicted octanol–water partition coefficient (Wildman–Crippen LogP) is 5.31. The van der Waals surface area contributed by atoms with E-state index in [0.717, 1.165) is 33.5 Å². The highest BCUT2D eigenvalue weighted by molar-refractivity contribution is 7.89. The van der Waals surface area contributed by atoms with Crippen LogP contribution < -0.4 is 10.1 Å². The van der Waals surface area contributed by atoms with E-state index in [4.69, 9.17) is 4.74 Å². The molecular formula is C28H23N5O3S. The normalized spacial score (nSPS) is 13.7. The van der Waals surface area contributed by atoms with Gasteiger partial charge in [-0.25, -0.2) is 18.4 Å². The minimum atomic E-state index is -3.73. The van der Waals surface area contributed by atoms with E-state index in [1.54, 1.807) is 18.5 Å². The van der Waals surface area contributed by atoms with Crippen LogP contribution in [0.3, 0.4) is 0 Å². The van der Waals surface area contributed by atoms with E-state index in [2.05, 4.69) is 20.3 Å². The second-order valence-electron chi connectivity index (χ2n) is 8.67. The molecule has 0 spiro atoms. The van der Waals surface area contributed by atoms with Gasteiger partial charge in [0, 0.05) is 36.3 Å². The van der Waals surface area contributed by atoms with Crippen molar-refractivity contribution in [1.82, 2.24) is 19.3 Å². The number of nitrogens with zero attached hydrogens (tertiary/aromatic N) is 4. The Bertz CT molecular complexity index is 1680. The van der Waals surface area contributed by atoms with E-state index >= 15 is 0 Å². The Hall–Kier alpha value is -4.34. The summed E-state index contributed by atoms with van der Waals surface area (Å²) < 4.78 is 33.9. The van der Waals surface area contributed by atoms with Crippen molar-refractivity contribution in [3.8, 4) is 11.6 Å². The van der Waals surface area contributed by atoms with Crippen molar-refractivity contribution in [2.75, 3.05) is 11.9 Å². The summed E-state index contributed by atoms with van der Waals surface area (Å²) in [6.07, 6.45) is 5.36. The van der Waals surface area contributed by atoms with Gasteiger partial charge in [0.15, 0.2) is 0 Å². The van der Waals surface area contributed by atoms with Crippen molar-refractivity contribution in [2.45, 2.75) is 17.9 Å². The maximum absolute atomic E-state index is 13.4. The Labute approximate surface area is 214 Å². The Morgan fingerprint density at radius 3 is 2.54 bits per heavy atom. The van der Waals surface area contributed by atoms with Gasteiger partial charge < -0.3 is 10.1 Å². The number of hydrogen-bond acceptors (Lipinski definition) is 7. The van der Waals surface area contributed by atoms with E-state index in [1.165, 1.54) is 16.6 Å². The van der Waals surface area contributed by atoms with E-state index in [0.29, 0.717) is 24.6 Å². The third-order valence-electron chi connectivity index (χ3n) is 6.28. The highest BCUT2D eigenvalue weighted by Crippen LogP contribution is 2.30. The molecule has 0 saturated carbocycles. The number of ether oxygens (including phenoxy) is 1. The third kappa shape index (κ3) is 4.74. The number of fused-ring (bicyclic) bond motifs is 2. The average Bonchev–Trinajstić information content (AvgIpc) is 2.94. The first kappa shape index (κ1) is 23.1. The molecule has 1 aliphatic heterocycles. The van der Waals surface area contributed by atoms with Crippen molar-refractivity contribution >= 4 is 32.4 Å². The lowest BCUT2D eigenvalue weighted by Gasteiger charge is -2.29. The van der Waals surface area contributed by atoms with Crippen molar-refractivity contribution in [3.63, 3.8) is 0 Å². The van der Waals surface area contributed by atoms with Crippen LogP contribution in [0.4, 0.5) is 11.5 Å². The lowest BCUT2D eigenvalue weighted by atomic mass is 10.0. The standard InChI is InChI=1S/C28H23N5O3S/c34-37(35,24-10-11-27(31-18-24)36-23-7-2-1-3-8-23)33-15-13-25-21(19-33)12-14-29-28(25)32-22-16-20-6-4-5-9-26(20)30-17-22/h1-12,14,16-18H,13,15,19H2,(H,29,32). The Morgan fingerprint density at radius 2 is 1.70 bits per heavy atom. The summed E-state index contributed by atoms with van der Waals surface area (Å²) in [6.45, 7) is 0.598. The van der Waals surface area contributed by atoms with Crippen molar-refractivity contribution in [3.05, 3.63) is 109 Å². The fraction of sp³-hybridized carbons (Fsp3) is 0.107. The zero-order valence-electron chi connectivity index (χ0n) is 19.8. The monoisotopic (exact) mass is 509 g/mol. The number of pyridine rings is 3. The van der Waals surface area contributed by atoms with Crippen LogP contribution >= 0.6 is 0 Å². The molecule has 37 heavy (non-hydrogen) atoms. The van der Waals surface area contributed by atoms with Gasteiger partial charge in [0.2, 0.25) is 15.9 Å². The first-order valence-corrected chi connectivity index (χ1v) is 13.3. The summed E-state index contributed by atoms with van der Waals surface area (Å²) in [5, 5.41) is 4.40. The third-order valence-corrected chi connectivity index (χ3v) is 8.11. The highest BCUT2D eigenvalue weighted by atomic mass is 32.2. The summed E-state index contributed by atoms with van der Waals surface area (Å²) in [6, 6.07) is 24.1. The molecule has 9 heteroatoms. The summed E-state index contributed by atoms with van der Waals surface area (Å²) in [5.74, 6) is 1.69. The molecule has 0 fully saturated rings. The van der Waals surface area contributed by atoms with E-state index in [1.807, 2.05) is 66.7 Å². The molecule has 1 N–H and O–H groups in total. The average molecular weight is 510 g/mol. The second kappa shape index (κ2) is 9.61. The van der Waals surface area contributed by atoms with Gasteiger partial charge in [-0.1, -0.05) is 36.4 Å². The van der Waals surface area contributed by atoms with Crippen LogP contribution in [-0.2, 0) is 23.0 Å². The molecule has 184 valence electrons. The molecule has 0 aliphatic carbocycles. The number of aromatic nitrogens is 3. The largest absolute Gasteiger partial charge is 0.439 e. The first-order valence-electron chi connectivity index (χ1n) is 11.8. The van der Waals surface area contributed by atoms with E-state index in [-0.39, 0.29) is 11.4 Å². The van der Waals surface area contributed by atoms with Crippen molar-refractivity contribution < 1.29 is 13.2 Å². The lowest BCUT2D eigenvalue weighted by Crippen LogP contribution is -2.36. The minimum Gasteiger partial charge on any atom is -0.439 e. The molecule has 8 nitrogen and oxygen atoms in total. The number of benzene rings is 2. The van der Waals surface area contributed by atoms with Crippen LogP contribution in [0.1, 0.15) is 11.1 Å². The minimum absolute atomic E-state index is 0.131. The van der Waals surface area contributed by atoms with Crippen LogP contribution in [-0.4, -0.2) is 34.2 Å². The van der Waals surface area contributed by atoms with Crippen molar-refractivity contribution in [2.24, 2.45) is 0 Å². The molecule has 0 bridgehead atoms. The van der Waals surface area contributed by atoms with Gasteiger partial charge in [-0.05, 0) is 48.4 Å². The topological polar surface area (TPSA) is 97.3 Å². The molecular weight excluding hydrogens is 486 g/mol. The van der Waals surface area contributed by atoms with Gasteiger partial charge in [-0.15, -0.1) is 0 Å². The highest BCUT2D eigenvalue weighted by Gasteiger charge is 2.30. The fourth-order valence-electron chi connectivity index (χ4n) is 4.39. The molecule has 4 heterocycles.